The predicted octanol–water partition coefficient (Wildman–Crippen LogP) is 4.03. The van der Waals surface area contributed by atoms with Gasteiger partial charge in [0.15, 0.2) is 0 Å². The van der Waals surface area contributed by atoms with E-state index in [1.54, 1.807) is 36.4 Å². The molecule has 0 aromatic heterocycles. The number of benzene rings is 4. The highest BCUT2D eigenvalue weighted by molar-refractivity contribution is 7.92. The van der Waals surface area contributed by atoms with Crippen molar-refractivity contribution >= 4 is 32.4 Å². The lowest BCUT2D eigenvalue weighted by Crippen LogP contribution is -2.23. The number of amides is 1. The fourth-order valence-electron chi connectivity index (χ4n) is 3.35. The first-order valence-corrected chi connectivity index (χ1v) is 11.6. The number of nitrogens with two attached hydrogens (primary N) is 1. The van der Waals surface area contributed by atoms with Crippen LogP contribution in [0.15, 0.2) is 95.9 Å². The summed E-state index contributed by atoms with van der Waals surface area (Å²) in [5, 5.41) is 4.64. The number of anilines is 1. The molecule has 0 aliphatic heterocycles. The van der Waals surface area contributed by atoms with Crippen molar-refractivity contribution in [2.45, 2.75) is 18.0 Å². The average molecular weight is 446 g/mol. The van der Waals surface area contributed by atoms with Crippen molar-refractivity contribution in [3.05, 3.63) is 108 Å². The third-order valence-electron chi connectivity index (χ3n) is 5.12. The molecule has 4 N–H and O–H groups in total. The Hall–Kier alpha value is -3.68. The molecule has 0 radical (unpaired) electrons. The van der Waals surface area contributed by atoms with Gasteiger partial charge in [-0.05, 0) is 52.2 Å². The first-order valence-electron chi connectivity index (χ1n) is 10.1. The van der Waals surface area contributed by atoms with Crippen LogP contribution in [-0.2, 0) is 23.1 Å². The number of carbonyl (C=O) groups is 1. The monoisotopic (exact) mass is 445 g/mol. The van der Waals surface area contributed by atoms with E-state index in [1.165, 1.54) is 6.07 Å². The Morgan fingerprint density at radius 3 is 2.25 bits per heavy atom. The van der Waals surface area contributed by atoms with Crippen molar-refractivity contribution in [1.82, 2.24) is 5.32 Å². The van der Waals surface area contributed by atoms with E-state index in [0.29, 0.717) is 24.3 Å². The Morgan fingerprint density at radius 1 is 0.781 bits per heavy atom. The summed E-state index contributed by atoms with van der Waals surface area (Å²) in [6, 6.07) is 26.6. The van der Waals surface area contributed by atoms with Crippen LogP contribution in [0.5, 0.6) is 0 Å². The summed E-state index contributed by atoms with van der Waals surface area (Å²) in [5.41, 5.74) is 8.25. The fraction of sp³-hybridized carbons (Fsp3) is 0.0800. The van der Waals surface area contributed by atoms with Crippen LogP contribution in [0.25, 0.3) is 10.8 Å². The number of nitrogens with one attached hydrogen (secondary N) is 2. The molecule has 32 heavy (non-hydrogen) atoms. The molecule has 4 aromatic rings. The van der Waals surface area contributed by atoms with E-state index in [9.17, 15) is 13.2 Å². The van der Waals surface area contributed by atoms with Crippen molar-refractivity contribution in [1.29, 1.82) is 0 Å². The van der Waals surface area contributed by atoms with E-state index in [0.717, 1.165) is 21.9 Å². The van der Waals surface area contributed by atoms with Crippen LogP contribution in [-0.4, -0.2) is 14.3 Å². The summed E-state index contributed by atoms with van der Waals surface area (Å²) in [6.07, 6.45) is 0. The average Bonchev–Trinajstić information content (AvgIpc) is 2.82. The van der Waals surface area contributed by atoms with Gasteiger partial charge in [-0.15, -0.1) is 0 Å². The van der Waals surface area contributed by atoms with Gasteiger partial charge in [-0.2, -0.15) is 0 Å². The van der Waals surface area contributed by atoms with E-state index < -0.39 is 10.0 Å². The molecule has 0 atom stereocenters. The summed E-state index contributed by atoms with van der Waals surface area (Å²) in [4.78, 5) is 12.7. The Labute approximate surface area is 187 Å². The zero-order valence-electron chi connectivity index (χ0n) is 17.3. The van der Waals surface area contributed by atoms with Gasteiger partial charge in [0.2, 0.25) is 0 Å². The third kappa shape index (κ3) is 4.96. The van der Waals surface area contributed by atoms with Crippen molar-refractivity contribution in [2.75, 3.05) is 4.72 Å². The molecule has 7 heteroatoms. The second kappa shape index (κ2) is 9.21. The molecule has 0 aliphatic carbocycles. The van der Waals surface area contributed by atoms with Gasteiger partial charge in [0.1, 0.15) is 0 Å². The Bertz CT molecular complexity index is 1370. The molecule has 0 unspecified atom stereocenters. The van der Waals surface area contributed by atoms with E-state index in [1.807, 2.05) is 48.5 Å². The number of carbonyl (C=O) groups excluding carboxylic acids is 1. The summed E-state index contributed by atoms with van der Waals surface area (Å²) in [5.74, 6) is -0.292. The SMILES string of the molecule is NCc1ccc(CNC(=O)c2cccc(NS(=O)(=O)c3ccc4ccccc4c3)c2)cc1. The summed E-state index contributed by atoms with van der Waals surface area (Å²) >= 11 is 0. The van der Waals surface area contributed by atoms with Crippen molar-refractivity contribution < 1.29 is 13.2 Å². The van der Waals surface area contributed by atoms with Crippen LogP contribution in [0.4, 0.5) is 5.69 Å². The lowest BCUT2D eigenvalue weighted by atomic mass is 10.1. The molecule has 4 rings (SSSR count). The molecule has 162 valence electrons. The molecular weight excluding hydrogens is 422 g/mol. The van der Waals surface area contributed by atoms with Gasteiger partial charge >= 0.3 is 0 Å². The number of fused-ring (bicyclic) bond motifs is 1. The van der Waals surface area contributed by atoms with E-state index in [4.69, 9.17) is 5.73 Å². The number of hydrogen-bond acceptors (Lipinski definition) is 4. The van der Waals surface area contributed by atoms with E-state index in [2.05, 4.69) is 10.0 Å². The summed E-state index contributed by atoms with van der Waals surface area (Å²) in [7, 11) is -3.80. The Kier molecular flexibility index (Phi) is 6.20. The van der Waals surface area contributed by atoms with Crippen molar-refractivity contribution in [2.24, 2.45) is 5.73 Å². The quantitative estimate of drug-likeness (QED) is 0.400. The Balaban J connectivity index is 1.47. The lowest BCUT2D eigenvalue weighted by Gasteiger charge is -2.11. The Morgan fingerprint density at radius 2 is 1.50 bits per heavy atom. The maximum absolute atomic E-state index is 12.9. The second-order valence-electron chi connectivity index (χ2n) is 7.40. The van der Waals surface area contributed by atoms with Gasteiger partial charge in [-0.1, -0.05) is 60.7 Å². The minimum absolute atomic E-state index is 0.159. The van der Waals surface area contributed by atoms with Crippen molar-refractivity contribution in [3.63, 3.8) is 0 Å². The maximum atomic E-state index is 12.9. The standard InChI is InChI=1S/C25H23N3O3S/c26-16-18-8-10-19(11-9-18)17-27-25(29)22-6-3-7-23(14-22)28-32(30,31)24-13-12-20-4-1-2-5-21(20)15-24/h1-15,28H,16-17,26H2,(H,27,29). The zero-order valence-corrected chi connectivity index (χ0v) is 18.1. The van der Waals surface area contributed by atoms with E-state index >= 15 is 0 Å². The van der Waals surface area contributed by atoms with Crippen LogP contribution in [0.2, 0.25) is 0 Å². The molecule has 0 aliphatic rings. The first-order chi connectivity index (χ1) is 15.4. The molecule has 0 saturated carbocycles. The summed E-state index contributed by atoms with van der Waals surface area (Å²) < 4.78 is 28.3. The third-order valence-corrected chi connectivity index (χ3v) is 6.50. The van der Waals surface area contributed by atoms with Crippen LogP contribution in [0.1, 0.15) is 21.5 Å². The van der Waals surface area contributed by atoms with Gasteiger partial charge in [-0.25, -0.2) is 8.42 Å². The van der Waals surface area contributed by atoms with E-state index in [-0.39, 0.29) is 10.8 Å². The number of sulfonamides is 1. The molecule has 0 spiro atoms. The highest BCUT2D eigenvalue weighted by Gasteiger charge is 2.16. The minimum atomic E-state index is -3.80. The predicted molar refractivity (Wildman–Crippen MR) is 127 cm³/mol. The largest absolute Gasteiger partial charge is 0.348 e. The molecule has 0 bridgehead atoms. The number of hydrogen-bond donors (Lipinski definition) is 3. The van der Waals surface area contributed by atoms with Crippen LogP contribution < -0.4 is 15.8 Å². The molecule has 4 aromatic carbocycles. The second-order valence-corrected chi connectivity index (χ2v) is 9.08. The minimum Gasteiger partial charge on any atom is -0.348 e. The van der Waals surface area contributed by atoms with Gasteiger partial charge in [0, 0.05) is 24.3 Å². The van der Waals surface area contributed by atoms with Gasteiger partial charge < -0.3 is 11.1 Å². The topological polar surface area (TPSA) is 101 Å². The molecule has 0 fully saturated rings. The summed E-state index contributed by atoms with van der Waals surface area (Å²) in [6.45, 7) is 0.825. The fourth-order valence-corrected chi connectivity index (χ4v) is 4.43. The first kappa shape index (κ1) is 21.5. The number of rotatable bonds is 7. The van der Waals surface area contributed by atoms with Crippen LogP contribution >= 0.6 is 0 Å². The maximum Gasteiger partial charge on any atom is 0.261 e. The van der Waals surface area contributed by atoms with Gasteiger partial charge in [-0.3, -0.25) is 9.52 Å². The zero-order chi connectivity index (χ0) is 22.6. The molecule has 0 heterocycles. The lowest BCUT2D eigenvalue weighted by molar-refractivity contribution is 0.0951. The van der Waals surface area contributed by atoms with Crippen molar-refractivity contribution in [3.8, 4) is 0 Å². The molecule has 6 nitrogen and oxygen atoms in total. The molecule has 1 amide bonds. The van der Waals surface area contributed by atoms with Crippen LogP contribution in [0, 0.1) is 0 Å². The highest BCUT2D eigenvalue weighted by Crippen LogP contribution is 2.22. The van der Waals surface area contributed by atoms with Gasteiger partial charge in [0.05, 0.1) is 4.90 Å². The molecule has 0 saturated heterocycles. The molecular formula is C25H23N3O3S. The highest BCUT2D eigenvalue weighted by atomic mass is 32.2. The smallest absolute Gasteiger partial charge is 0.261 e. The normalized spacial score (nSPS) is 11.3. The van der Waals surface area contributed by atoms with Gasteiger partial charge in [0.25, 0.3) is 15.9 Å². The van der Waals surface area contributed by atoms with Crippen LogP contribution in [0.3, 0.4) is 0 Å².